The Morgan fingerprint density at radius 3 is 2.67 bits per heavy atom. The van der Waals surface area contributed by atoms with Gasteiger partial charge in [0.05, 0.1) is 12.2 Å². The molecule has 0 aliphatic carbocycles. The van der Waals surface area contributed by atoms with Crippen molar-refractivity contribution in [1.82, 2.24) is 15.0 Å². The van der Waals surface area contributed by atoms with Crippen LogP contribution in [0.15, 0.2) is 34.9 Å². The standard InChI is InChI=1S/C18H24N4O2/c1-14-12-16(24-20-14)13-21-8-10-22(11-9-21)18(23)7-6-15-4-2-3-5-17(15)19/h2-5,12H,6-11,13,19H2,1H3. The molecule has 128 valence electrons. The van der Waals surface area contributed by atoms with Gasteiger partial charge in [-0.25, -0.2) is 0 Å². The van der Waals surface area contributed by atoms with Gasteiger partial charge in [-0.1, -0.05) is 23.4 Å². The molecule has 0 unspecified atom stereocenters. The molecular weight excluding hydrogens is 304 g/mol. The lowest BCUT2D eigenvalue weighted by Crippen LogP contribution is -2.48. The first-order chi connectivity index (χ1) is 11.6. The van der Waals surface area contributed by atoms with Crippen LogP contribution in [0.25, 0.3) is 0 Å². The molecule has 24 heavy (non-hydrogen) atoms. The molecule has 1 aromatic heterocycles. The molecular formula is C18H24N4O2. The second-order valence-corrected chi connectivity index (χ2v) is 6.29. The van der Waals surface area contributed by atoms with Crippen LogP contribution in [-0.2, 0) is 17.8 Å². The van der Waals surface area contributed by atoms with E-state index in [0.717, 1.165) is 55.4 Å². The number of anilines is 1. The van der Waals surface area contributed by atoms with Crippen molar-refractivity contribution in [3.63, 3.8) is 0 Å². The summed E-state index contributed by atoms with van der Waals surface area (Å²) in [5, 5.41) is 3.91. The fourth-order valence-corrected chi connectivity index (χ4v) is 3.03. The van der Waals surface area contributed by atoms with E-state index in [1.807, 2.05) is 42.2 Å². The van der Waals surface area contributed by atoms with E-state index < -0.39 is 0 Å². The summed E-state index contributed by atoms with van der Waals surface area (Å²) in [6.07, 6.45) is 1.21. The fourth-order valence-electron chi connectivity index (χ4n) is 3.03. The highest BCUT2D eigenvalue weighted by molar-refractivity contribution is 5.76. The number of para-hydroxylation sites is 1. The first-order valence-corrected chi connectivity index (χ1v) is 8.37. The summed E-state index contributed by atoms with van der Waals surface area (Å²) in [5.74, 6) is 1.08. The maximum Gasteiger partial charge on any atom is 0.222 e. The van der Waals surface area contributed by atoms with Crippen molar-refractivity contribution >= 4 is 11.6 Å². The van der Waals surface area contributed by atoms with E-state index in [4.69, 9.17) is 10.3 Å². The van der Waals surface area contributed by atoms with Crippen LogP contribution in [-0.4, -0.2) is 47.0 Å². The van der Waals surface area contributed by atoms with Crippen LogP contribution in [0.5, 0.6) is 0 Å². The highest BCUT2D eigenvalue weighted by atomic mass is 16.5. The van der Waals surface area contributed by atoms with Crippen molar-refractivity contribution in [2.45, 2.75) is 26.3 Å². The number of hydrogen-bond acceptors (Lipinski definition) is 5. The summed E-state index contributed by atoms with van der Waals surface area (Å²) in [4.78, 5) is 16.6. The van der Waals surface area contributed by atoms with Gasteiger partial charge in [-0.3, -0.25) is 9.69 Å². The quantitative estimate of drug-likeness (QED) is 0.848. The molecule has 0 spiro atoms. The predicted molar refractivity (Wildman–Crippen MR) is 92.3 cm³/mol. The fraction of sp³-hybridized carbons (Fsp3) is 0.444. The Morgan fingerprint density at radius 1 is 1.25 bits per heavy atom. The summed E-state index contributed by atoms with van der Waals surface area (Å²) >= 11 is 0. The Hall–Kier alpha value is -2.34. The minimum atomic E-state index is 0.202. The molecule has 6 heteroatoms. The van der Waals surface area contributed by atoms with Gasteiger partial charge < -0.3 is 15.2 Å². The molecule has 0 saturated carbocycles. The molecule has 1 aliphatic heterocycles. The van der Waals surface area contributed by atoms with Crippen LogP contribution in [0.2, 0.25) is 0 Å². The number of nitrogen functional groups attached to an aromatic ring is 1. The Bertz CT molecular complexity index is 690. The van der Waals surface area contributed by atoms with Gasteiger partial charge in [0.1, 0.15) is 0 Å². The Balaban J connectivity index is 1.44. The number of nitrogens with two attached hydrogens (primary N) is 1. The molecule has 2 heterocycles. The van der Waals surface area contributed by atoms with Crippen molar-refractivity contribution in [3.8, 4) is 0 Å². The molecule has 3 rings (SSSR count). The lowest BCUT2D eigenvalue weighted by atomic mass is 10.1. The van der Waals surface area contributed by atoms with Crippen LogP contribution >= 0.6 is 0 Å². The van der Waals surface area contributed by atoms with Gasteiger partial charge in [-0.2, -0.15) is 0 Å². The number of aryl methyl sites for hydroxylation is 2. The lowest BCUT2D eigenvalue weighted by molar-refractivity contribution is -0.133. The molecule has 1 aliphatic rings. The molecule has 2 N–H and O–H groups in total. The van der Waals surface area contributed by atoms with E-state index in [2.05, 4.69) is 10.1 Å². The van der Waals surface area contributed by atoms with Gasteiger partial charge >= 0.3 is 0 Å². The molecule has 1 amide bonds. The molecule has 2 aromatic rings. The maximum absolute atomic E-state index is 12.4. The smallest absolute Gasteiger partial charge is 0.222 e. The second kappa shape index (κ2) is 7.49. The van der Waals surface area contributed by atoms with Gasteiger partial charge in [-0.05, 0) is 25.0 Å². The van der Waals surface area contributed by atoms with Gasteiger partial charge in [0.15, 0.2) is 5.76 Å². The zero-order chi connectivity index (χ0) is 16.9. The molecule has 0 atom stereocenters. The average molecular weight is 328 g/mol. The lowest BCUT2D eigenvalue weighted by Gasteiger charge is -2.34. The summed E-state index contributed by atoms with van der Waals surface area (Å²) in [5.41, 5.74) is 8.64. The third kappa shape index (κ3) is 4.14. The van der Waals surface area contributed by atoms with E-state index >= 15 is 0 Å². The number of nitrogens with zero attached hydrogens (tertiary/aromatic N) is 3. The van der Waals surface area contributed by atoms with E-state index in [0.29, 0.717) is 12.8 Å². The number of carbonyl (C=O) groups excluding carboxylic acids is 1. The van der Waals surface area contributed by atoms with Crippen LogP contribution in [0, 0.1) is 6.92 Å². The summed E-state index contributed by atoms with van der Waals surface area (Å²) in [6, 6.07) is 9.70. The third-order valence-electron chi connectivity index (χ3n) is 4.44. The van der Waals surface area contributed by atoms with Crippen LogP contribution in [0.1, 0.15) is 23.4 Å². The molecule has 6 nitrogen and oxygen atoms in total. The second-order valence-electron chi connectivity index (χ2n) is 6.29. The number of aromatic nitrogens is 1. The zero-order valence-corrected chi connectivity index (χ0v) is 14.1. The Labute approximate surface area is 142 Å². The Kier molecular flexibility index (Phi) is 5.15. The first kappa shape index (κ1) is 16.5. The average Bonchev–Trinajstić information content (AvgIpc) is 2.99. The number of carbonyl (C=O) groups is 1. The predicted octanol–water partition coefficient (Wildman–Crippen LogP) is 1.84. The zero-order valence-electron chi connectivity index (χ0n) is 14.1. The summed E-state index contributed by atoms with van der Waals surface area (Å²) in [7, 11) is 0. The van der Waals surface area contributed by atoms with Gasteiger partial charge in [0.25, 0.3) is 0 Å². The van der Waals surface area contributed by atoms with Crippen molar-refractivity contribution in [2.24, 2.45) is 0 Å². The Morgan fingerprint density at radius 2 is 2.00 bits per heavy atom. The summed E-state index contributed by atoms with van der Waals surface area (Å²) in [6.45, 7) is 5.91. The maximum atomic E-state index is 12.4. The van der Waals surface area contributed by atoms with Crippen molar-refractivity contribution in [2.75, 3.05) is 31.9 Å². The van der Waals surface area contributed by atoms with E-state index in [1.165, 1.54) is 0 Å². The SMILES string of the molecule is Cc1cc(CN2CCN(C(=O)CCc3ccccc3N)CC2)on1. The first-order valence-electron chi connectivity index (χ1n) is 8.37. The number of rotatable bonds is 5. The van der Waals surface area contributed by atoms with Gasteiger partial charge in [0.2, 0.25) is 5.91 Å². The molecule has 0 bridgehead atoms. The number of piperazine rings is 1. The highest BCUT2D eigenvalue weighted by Crippen LogP contribution is 2.15. The van der Waals surface area contributed by atoms with E-state index in [1.54, 1.807) is 0 Å². The number of amides is 1. The minimum Gasteiger partial charge on any atom is -0.399 e. The molecule has 1 aromatic carbocycles. The normalized spacial score (nSPS) is 15.6. The molecule has 0 radical (unpaired) electrons. The third-order valence-corrected chi connectivity index (χ3v) is 4.44. The molecule has 1 fully saturated rings. The van der Waals surface area contributed by atoms with E-state index in [9.17, 15) is 4.79 Å². The van der Waals surface area contributed by atoms with Crippen LogP contribution in [0.3, 0.4) is 0 Å². The van der Waals surface area contributed by atoms with Crippen LogP contribution in [0.4, 0.5) is 5.69 Å². The van der Waals surface area contributed by atoms with Crippen LogP contribution < -0.4 is 5.73 Å². The summed E-state index contributed by atoms with van der Waals surface area (Å²) < 4.78 is 5.26. The highest BCUT2D eigenvalue weighted by Gasteiger charge is 2.21. The van der Waals surface area contributed by atoms with Crippen molar-refractivity contribution in [1.29, 1.82) is 0 Å². The van der Waals surface area contributed by atoms with Gasteiger partial charge in [0, 0.05) is 44.4 Å². The minimum absolute atomic E-state index is 0.202. The number of benzene rings is 1. The van der Waals surface area contributed by atoms with Crippen molar-refractivity contribution in [3.05, 3.63) is 47.3 Å². The van der Waals surface area contributed by atoms with Gasteiger partial charge in [-0.15, -0.1) is 0 Å². The largest absolute Gasteiger partial charge is 0.399 e. The topological polar surface area (TPSA) is 75.6 Å². The molecule has 1 saturated heterocycles. The monoisotopic (exact) mass is 328 g/mol. The number of hydrogen-bond donors (Lipinski definition) is 1. The van der Waals surface area contributed by atoms with Crippen molar-refractivity contribution < 1.29 is 9.32 Å². The van der Waals surface area contributed by atoms with E-state index in [-0.39, 0.29) is 5.91 Å².